The zero-order chi connectivity index (χ0) is 13.7. The average molecular weight is 262 g/mol. The van der Waals surface area contributed by atoms with E-state index in [0.29, 0.717) is 6.42 Å². The maximum Gasteiger partial charge on any atom is 0.164 e. The van der Waals surface area contributed by atoms with Crippen LogP contribution in [-0.4, -0.2) is 12.9 Å². The lowest BCUT2D eigenvalue weighted by Crippen LogP contribution is -1.96. The van der Waals surface area contributed by atoms with Gasteiger partial charge < -0.3 is 4.74 Å². The number of carbonyl (C=O) groups is 1. The lowest BCUT2D eigenvalue weighted by Gasteiger charge is -2.12. The topological polar surface area (TPSA) is 26.3 Å². The first-order valence-electron chi connectivity index (χ1n) is 6.84. The molecule has 0 aliphatic heterocycles. The lowest BCUT2D eigenvalue weighted by molar-refractivity contribution is 0.0996. The Labute approximate surface area is 117 Å². The van der Waals surface area contributed by atoms with Gasteiger partial charge in [0.1, 0.15) is 5.75 Å². The van der Waals surface area contributed by atoms with Gasteiger partial charge in [-0.15, -0.1) is 0 Å². The zero-order valence-corrected chi connectivity index (χ0v) is 11.3. The Kier molecular flexibility index (Phi) is 2.34. The summed E-state index contributed by atoms with van der Waals surface area (Å²) >= 11 is 0. The molecule has 0 saturated heterocycles. The van der Waals surface area contributed by atoms with Crippen molar-refractivity contribution >= 4 is 27.3 Å². The monoisotopic (exact) mass is 262 g/mol. The highest BCUT2D eigenvalue weighted by Crippen LogP contribution is 2.39. The molecule has 2 heteroatoms. The molecule has 0 N–H and O–H groups in total. The normalized spacial score (nSPS) is 13.9. The molecule has 0 saturated carbocycles. The van der Waals surface area contributed by atoms with E-state index in [1.807, 2.05) is 18.2 Å². The molecular formula is C18H14O2. The zero-order valence-electron chi connectivity index (χ0n) is 11.3. The second-order valence-electron chi connectivity index (χ2n) is 5.25. The van der Waals surface area contributed by atoms with Gasteiger partial charge in [-0.25, -0.2) is 0 Å². The Bertz CT molecular complexity index is 862. The summed E-state index contributed by atoms with van der Waals surface area (Å²) in [5, 5.41) is 4.40. The summed E-state index contributed by atoms with van der Waals surface area (Å²) in [6, 6.07) is 14.4. The summed E-state index contributed by atoms with van der Waals surface area (Å²) in [5.41, 5.74) is 2.01. The predicted molar refractivity (Wildman–Crippen MR) is 80.7 cm³/mol. The molecule has 0 fully saturated rings. The Balaban J connectivity index is 2.26. The fourth-order valence-corrected chi connectivity index (χ4v) is 3.28. The van der Waals surface area contributed by atoms with Crippen LogP contribution in [0.15, 0.2) is 42.5 Å². The minimum atomic E-state index is 0.253. The number of ether oxygens (including phenoxy) is 1. The Morgan fingerprint density at radius 2 is 1.85 bits per heavy atom. The van der Waals surface area contributed by atoms with Gasteiger partial charge in [0.05, 0.1) is 7.11 Å². The number of methoxy groups -OCH3 is 1. The molecular weight excluding hydrogens is 248 g/mol. The summed E-state index contributed by atoms with van der Waals surface area (Å²) in [6.07, 6.45) is 1.44. The van der Waals surface area contributed by atoms with Gasteiger partial charge in [-0.1, -0.05) is 36.4 Å². The van der Waals surface area contributed by atoms with Crippen molar-refractivity contribution in [1.82, 2.24) is 0 Å². The SMILES string of the molecule is COc1cc2c(c3ccc4ccccc4c13)C(=O)CC2. The second-order valence-corrected chi connectivity index (χ2v) is 5.25. The van der Waals surface area contributed by atoms with Crippen molar-refractivity contribution in [3.05, 3.63) is 53.6 Å². The van der Waals surface area contributed by atoms with E-state index in [-0.39, 0.29) is 5.78 Å². The maximum atomic E-state index is 12.2. The van der Waals surface area contributed by atoms with Crippen molar-refractivity contribution in [3.63, 3.8) is 0 Å². The summed E-state index contributed by atoms with van der Waals surface area (Å²) in [7, 11) is 1.69. The average Bonchev–Trinajstić information content (AvgIpc) is 2.87. The van der Waals surface area contributed by atoms with Crippen LogP contribution in [0.5, 0.6) is 5.75 Å². The number of fused-ring (bicyclic) bond motifs is 5. The first-order chi connectivity index (χ1) is 9.79. The van der Waals surface area contributed by atoms with Gasteiger partial charge >= 0.3 is 0 Å². The van der Waals surface area contributed by atoms with Gasteiger partial charge in [0.2, 0.25) is 0 Å². The third-order valence-electron chi connectivity index (χ3n) is 4.19. The molecule has 1 aliphatic rings. The Hall–Kier alpha value is -2.35. The smallest absolute Gasteiger partial charge is 0.164 e. The van der Waals surface area contributed by atoms with Gasteiger partial charge in [-0.3, -0.25) is 4.79 Å². The van der Waals surface area contributed by atoms with Gasteiger partial charge in [0.25, 0.3) is 0 Å². The second kappa shape index (κ2) is 4.07. The molecule has 20 heavy (non-hydrogen) atoms. The fraction of sp³-hybridized carbons (Fsp3) is 0.167. The van der Waals surface area contributed by atoms with Gasteiger partial charge in [-0.05, 0) is 34.2 Å². The number of benzene rings is 3. The van der Waals surface area contributed by atoms with Crippen LogP contribution in [0.4, 0.5) is 0 Å². The highest BCUT2D eigenvalue weighted by atomic mass is 16.5. The van der Waals surface area contributed by atoms with Gasteiger partial charge in [-0.2, -0.15) is 0 Å². The molecule has 0 unspecified atom stereocenters. The quantitative estimate of drug-likeness (QED) is 0.616. The van der Waals surface area contributed by atoms with E-state index >= 15 is 0 Å². The molecule has 3 aromatic carbocycles. The summed E-state index contributed by atoms with van der Waals surface area (Å²) in [4.78, 5) is 12.2. The van der Waals surface area contributed by atoms with E-state index in [0.717, 1.165) is 39.5 Å². The number of ketones is 1. The highest BCUT2D eigenvalue weighted by Gasteiger charge is 2.24. The number of hydrogen-bond donors (Lipinski definition) is 0. The van der Waals surface area contributed by atoms with E-state index < -0.39 is 0 Å². The van der Waals surface area contributed by atoms with Crippen molar-refractivity contribution in [2.75, 3.05) is 7.11 Å². The lowest BCUT2D eigenvalue weighted by atomic mass is 9.95. The summed E-state index contributed by atoms with van der Waals surface area (Å²) in [5.74, 6) is 1.12. The fourth-order valence-electron chi connectivity index (χ4n) is 3.28. The highest BCUT2D eigenvalue weighted by molar-refractivity contribution is 6.19. The molecule has 0 aromatic heterocycles. The molecule has 98 valence electrons. The van der Waals surface area contributed by atoms with Crippen LogP contribution in [0, 0.1) is 0 Å². The van der Waals surface area contributed by atoms with E-state index in [9.17, 15) is 4.79 Å². The van der Waals surface area contributed by atoms with Gasteiger partial charge in [0.15, 0.2) is 5.78 Å². The van der Waals surface area contributed by atoms with Crippen molar-refractivity contribution in [2.45, 2.75) is 12.8 Å². The minimum absolute atomic E-state index is 0.253. The van der Waals surface area contributed by atoms with Crippen molar-refractivity contribution < 1.29 is 9.53 Å². The van der Waals surface area contributed by atoms with Crippen LogP contribution in [-0.2, 0) is 6.42 Å². The number of hydrogen-bond acceptors (Lipinski definition) is 2. The van der Waals surface area contributed by atoms with E-state index in [1.165, 1.54) is 5.39 Å². The predicted octanol–water partition coefficient (Wildman–Crippen LogP) is 4.13. The number of Topliss-reactive ketones (excluding diaryl/α,β-unsaturated/α-hetero) is 1. The summed E-state index contributed by atoms with van der Waals surface area (Å²) in [6.45, 7) is 0. The van der Waals surface area contributed by atoms with Crippen LogP contribution in [0.3, 0.4) is 0 Å². The molecule has 0 radical (unpaired) electrons. The standard InChI is InChI=1S/C18H14O2/c1-20-16-10-12-7-9-15(19)17(12)14-8-6-11-4-2-3-5-13(11)18(14)16/h2-6,8,10H,7,9H2,1H3. The van der Waals surface area contributed by atoms with Crippen LogP contribution in [0.25, 0.3) is 21.5 Å². The number of aryl methyl sites for hydroxylation is 1. The van der Waals surface area contributed by atoms with E-state index in [1.54, 1.807) is 7.11 Å². The molecule has 0 bridgehead atoms. The molecule has 0 atom stereocenters. The van der Waals surface area contributed by atoms with E-state index in [4.69, 9.17) is 4.74 Å². The van der Waals surface area contributed by atoms with Crippen LogP contribution in [0.1, 0.15) is 22.3 Å². The first-order valence-corrected chi connectivity index (χ1v) is 6.84. The molecule has 4 rings (SSSR count). The number of rotatable bonds is 1. The summed E-state index contributed by atoms with van der Waals surface area (Å²) < 4.78 is 5.58. The molecule has 2 nitrogen and oxygen atoms in total. The number of carbonyl (C=O) groups excluding carboxylic acids is 1. The third-order valence-corrected chi connectivity index (χ3v) is 4.19. The molecule has 0 amide bonds. The van der Waals surface area contributed by atoms with Gasteiger partial charge in [0, 0.05) is 17.4 Å². The van der Waals surface area contributed by atoms with Crippen molar-refractivity contribution in [1.29, 1.82) is 0 Å². The Morgan fingerprint density at radius 1 is 1.00 bits per heavy atom. The largest absolute Gasteiger partial charge is 0.496 e. The molecule has 0 heterocycles. The first kappa shape index (κ1) is 11.5. The van der Waals surface area contributed by atoms with Crippen molar-refractivity contribution in [2.24, 2.45) is 0 Å². The van der Waals surface area contributed by atoms with Crippen molar-refractivity contribution in [3.8, 4) is 5.75 Å². The maximum absolute atomic E-state index is 12.2. The molecule has 0 spiro atoms. The molecule has 3 aromatic rings. The van der Waals surface area contributed by atoms with Crippen LogP contribution < -0.4 is 4.74 Å². The van der Waals surface area contributed by atoms with E-state index in [2.05, 4.69) is 24.3 Å². The Morgan fingerprint density at radius 3 is 2.70 bits per heavy atom. The van der Waals surface area contributed by atoms with Crippen LogP contribution in [0.2, 0.25) is 0 Å². The third kappa shape index (κ3) is 1.42. The molecule has 1 aliphatic carbocycles. The van der Waals surface area contributed by atoms with Crippen LogP contribution >= 0.6 is 0 Å². The minimum Gasteiger partial charge on any atom is -0.496 e.